The van der Waals surface area contributed by atoms with Gasteiger partial charge in [-0.1, -0.05) is 11.6 Å². The average molecular weight is 653 g/mol. The Balaban J connectivity index is 2.42. The second kappa shape index (κ2) is 14.1. The molecule has 0 aromatic carbocycles. The van der Waals surface area contributed by atoms with Gasteiger partial charge >= 0.3 is 17.6 Å². The molecular weight excluding hydrogens is 620 g/mol. The maximum Gasteiger partial charge on any atom is 0.330 e. The van der Waals surface area contributed by atoms with Crippen LogP contribution in [-0.2, 0) is 40.1 Å². The molecule has 6 atom stereocenters. The first-order valence-corrected chi connectivity index (χ1v) is 15.4. The molecule has 1 aromatic heterocycles. The third kappa shape index (κ3) is 8.60. The summed E-state index contributed by atoms with van der Waals surface area (Å²) in [5.74, 6) is -1.56. The molecule has 0 spiro atoms. The monoisotopic (exact) mass is 652 g/mol. The van der Waals surface area contributed by atoms with E-state index >= 15 is 4.39 Å². The summed E-state index contributed by atoms with van der Waals surface area (Å²) in [5.41, 5.74) is -5.35. The minimum absolute atomic E-state index is 0.405. The van der Waals surface area contributed by atoms with Crippen LogP contribution in [0.1, 0.15) is 47.8 Å². The number of H-pyrrole nitrogens is 1. The third-order valence-electron chi connectivity index (χ3n) is 5.59. The molecule has 2 rings (SSSR count). The van der Waals surface area contributed by atoms with Crippen molar-refractivity contribution in [3.05, 3.63) is 32.1 Å². The van der Waals surface area contributed by atoms with Crippen molar-refractivity contribution in [1.82, 2.24) is 19.7 Å². The topological polar surface area (TPSA) is 170 Å². The first-order valence-electron chi connectivity index (χ1n) is 12.3. The van der Waals surface area contributed by atoms with Gasteiger partial charge in [-0.05, 0) is 53.3 Å². The highest BCUT2D eigenvalue weighted by Crippen LogP contribution is 2.47. The second-order valence-corrected chi connectivity index (χ2v) is 13.6. The lowest BCUT2D eigenvalue weighted by Crippen LogP contribution is -2.53. The number of aliphatic hydroxyl groups excluding tert-OH is 1. The van der Waals surface area contributed by atoms with E-state index < -0.39 is 96.2 Å². The van der Waals surface area contributed by atoms with Gasteiger partial charge in [0.2, 0.25) is 0 Å². The molecule has 0 saturated carbocycles. The fraction of sp³-hybridized carbons (Fsp3) is 0.727. The molecule has 0 radical (unpaired) electrons. The predicted octanol–water partition coefficient (Wildman–Crippen LogP) is 1.52. The van der Waals surface area contributed by atoms with Crippen molar-refractivity contribution in [2.45, 2.75) is 96.4 Å². The molecule has 0 aliphatic carbocycles. The third-order valence-corrected chi connectivity index (χ3v) is 8.76. The van der Waals surface area contributed by atoms with Crippen LogP contribution < -0.4 is 21.4 Å². The van der Waals surface area contributed by atoms with Crippen LogP contribution in [0.2, 0.25) is 5.02 Å². The normalized spacial score (nSPS) is 24.6. The Morgan fingerprint density at radius 2 is 1.63 bits per heavy atom. The summed E-state index contributed by atoms with van der Waals surface area (Å²) >= 11 is 11.2. The van der Waals surface area contributed by atoms with Gasteiger partial charge in [0, 0.05) is 6.20 Å². The first-order chi connectivity index (χ1) is 18.8. The van der Waals surface area contributed by atoms with Crippen LogP contribution in [0.25, 0.3) is 0 Å². The number of esters is 2. The summed E-state index contributed by atoms with van der Waals surface area (Å²) in [6.07, 6.45) is -11.3. The number of aromatic nitrogens is 2. The Hall–Kier alpha value is -1.85. The zero-order chi connectivity index (χ0) is 31.4. The zero-order valence-corrected chi connectivity index (χ0v) is 25.4. The fourth-order valence-corrected chi connectivity index (χ4v) is 6.69. The van der Waals surface area contributed by atoms with Crippen molar-refractivity contribution in [3.63, 3.8) is 0 Å². The fourth-order valence-electron chi connectivity index (χ4n) is 3.60. The van der Waals surface area contributed by atoms with E-state index in [1.54, 1.807) is 32.7 Å². The molecule has 2 heterocycles. The number of ether oxygens (including phenoxy) is 3. The summed E-state index contributed by atoms with van der Waals surface area (Å²) in [5, 5.41) is 15.3. The number of nitrogens with zero attached hydrogens (tertiary/aromatic N) is 1. The molecule has 19 heteroatoms. The van der Waals surface area contributed by atoms with Crippen LogP contribution in [0.3, 0.4) is 0 Å². The van der Waals surface area contributed by atoms with Gasteiger partial charge in [-0.3, -0.25) is 23.9 Å². The lowest BCUT2D eigenvalue weighted by atomic mass is 9.97. The largest absolute Gasteiger partial charge is 0.462 e. The average Bonchev–Trinajstić information content (AvgIpc) is 3.10. The summed E-state index contributed by atoms with van der Waals surface area (Å²) in [6.45, 7) is 3.91. The van der Waals surface area contributed by atoms with Crippen molar-refractivity contribution >= 4 is 41.9 Å². The predicted molar refractivity (Wildman–Crippen MR) is 144 cm³/mol. The van der Waals surface area contributed by atoms with E-state index in [0.717, 1.165) is 0 Å². The Morgan fingerprint density at radius 1 is 1.15 bits per heavy atom. The van der Waals surface area contributed by atoms with E-state index in [4.69, 9.17) is 42.1 Å². The first kappa shape index (κ1) is 35.3. The van der Waals surface area contributed by atoms with E-state index in [1.165, 1.54) is 13.8 Å². The van der Waals surface area contributed by atoms with Crippen LogP contribution >= 0.6 is 18.2 Å². The molecule has 1 aromatic rings. The lowest BCUT2D eigenvalue weighted by molar-refractivity contribution is -0.191. The molecule has 0 bridgehead atoms. The van der Waals surface area contributed by atoms with Crippen LogP contribution in [-0.4, -0.2) is 81.8 Å². The second-order valence-electron chi connectivity index (χ2n) is 9.79. The van der Waals surface area contributed by atoms with Crippen molar-refractivity contribution in [1.29, 1.82) is 0 Å². The van der Waals surface area contributed by atoms with Gasteiger partial charge in [0.25, 0.3) is 12.0 Å². The Bertz CT molecular complexity index is 1240. The SMILES string of the molecule is CC(C)OC(=O)[C@H](C)NP(=S)(N[C@@H](C)C(=O)OC(C)C)OC[C@@]1(C(F)F)O[C@@H](n2cc(Cl)c(=O)[nH]c2=O)[C@H](F)[C@@H]1O. The van der Waals surface area contributed by atoms with Crippen molar-refractivity contribution < 1.29 is 46.6 Å². The number of hydrogen-bond acceptors (Lipinski definition) is 10. The summed E-state index contributed by atoms with van der Waals surface area (Å²) in [4.78, 5) is 50.4. The minimum Gasteiger partial charge on any atom is -0.462 e. The van der Waals surface area contributed by atoms with Gasteiger partial charge in [0.05, 0.1) is 18.8 Å². The minimum atomic E-state index is -3.88. The van der Waals surface area contributed by atoms with E-state index in [9.17, 15) is 33.1 Å². The van der Waals surface area contributed by atoms with E-state index in [0.29, 0.717) is 10.8 Å². The van der Waals surface area contributed by atoms with Gasteiger partial charge in [-0.15, -0.1) is 0 Å². The molecule has 234 valence electrons. The van der Waals surface area contributed by atoms with E-state index in [2.05, 4.69) is 10.2 Å². The number of carbonyl (C=O) groups excluding carboxylic acids is 2. The molecule has 4 N–H and O–H groups in total. The van der Waals surface area contributed by atoms with Crippen molar-refractivity contribution in [3.8, 4) is 0 Å². The highest BCUT2D eigenvalue weighted by molar-refractivity contribution is 8.10. The van der Waals surface area contributed by atoms with Crippen LogP contribution in [0, 0.1) is 0 Å². The number of nitrogens with one attached hydrogen (secondary N) is 3. The van der Waals surface area contributed by atoms with Gasteiger partial charge in [-0.25, -0.2) is 28.1 Å². The molecule has 1 fully saturated rings. The molecule has 1 aliphatic heterocycles. The summed E-state index contributed by atoms with van der Waals surface area (Å²) in [6, 6.07) is -2.35. The van der Waals surface area contributed by atoms with Crippen molar-refractivity contribution in [2.75, 3.05) is 6.61 Å². The highest BCUT2D eigenvalue weighted by Gasteiger charge is 2.62. The number of aromatic amines is 1. The van der Waals surface area contributed by atoms with E-state index in [1.807, 2.05) is 0 Å². The Morgan fingerprint density at radius 3 is 2.07 bits per heavy atom. The standard InChI is InChI=1S/C22H33ClF3N4O9PS/c1-9(2)37-18(33)11(5)28-40(41,29-12(6)19(34)38-10(3)4)36-8-22(20(25)26)15(31)14(24)17(39-22)30-7-13(23)16(32)27-21(30)35/h7,9-12,14-15,17,20,31H,8H2,1-6H3,(H,27,32,35)(H2,28,29,41)/t11-,12-,14+,15-,17+,22+/m0/s1. The lowest BCUT2D eigenvalue weighted by Gasteiger charge is -2.35. The smallest absolute Gasteiger partial charge is 0.330 e. The number of rotatable bonds is 13. The Labute approximate surface area is 243 Å². The molecule has 0 amide bonds. The zero-order valence-electron chi connectivity index (χ0n) is 22.9. The van der Waals surface area contributed by atoms with Gasteiger partial charge in [0.15, 0.2) is 24.6 Å². The van der Waals surface area contributed by atoms with Gasteiger partial charge in [0.1, 0.15) is 23.2 Å². The van der Waals surface area contributed by atoms with Gasteiger partial charge in [-0.2, -0.15) is 0 Å². The number of alkyl halides is 3. The van der Waals surface area contributed by atoms with Crippen LogP contribution in [0.15, 0.2) is 15.8 Å². The quantitative estimate of drug-likeness (QED) is 0.179. The molecule has 1 saturated heterocycles. The Kier molecular flexibility index (Phi) is 12.1. The maximum absolute atomic E-state index is 15.2. The number of hydrogen-bond donors (Lipinski definition) is 4. The molecule has 41 heavy (non-hydrogen) atoms. The van der Waals surface area contributed by atoms with E-state index in [-0.39, 0.29) is 0 Å². The van der Waals surface area contributed by atoms with Crippen molar-refractivity contribution in [2.24, 2.45) is 0 Å². The molecule has 0 unspecified atom stereocenters. The van der Waals surface area contributed by atoms with Gasteiger partial charge < -0.3 is 23.8 Å². The molecular formula is C22H33ClF3N4O9PS. The van der Waals surface area contributed by atoms with Crippen LogP contribution in [0.5, 0.6) is 0 Å². The molecule has 1 aliphatic rings. The number of aliphatic hydroxyl groups is 1. The molecule has 13 nitrogen and oxygen atoms in total. The number of carbonyl (C=O) groups is 2. The summed E-state index contributed by atoms with van der Waals surface area (Å²) in [7, 11) is 0. The highest BCUT2D eigenvalue weighted by atomic mass is 35.5. The number of halogens is 4. The summed E-state index contributed by atoms with van der Waals surface area (Å²) < 4.78 is 65.6. The van der Waals surface area contributed by atoms with Crippen LogP contribution in [0.4, 0.5) is 13.2 Å². The maximum atomic E-state index is 15.2.